The molecule has 1 aromatic rings. The summed E-state index contributed by atoms with van der Waals surface area (Å²) in [5.74, 6) is 0.905. The van der Waals surface area contributed by atoms with Crippen molar-refractivity contribution < 1.29 is 13.9 Å². The molecule has 0 aromatic carbocycles. The van der Waals surface area contributed by atoms with Crippen LogP contribution in [0, 0.1) is 0 Å². The number of furan rings is 1. The lowest BCUT2D eigenvalue weighted by Gasteiger charge is -2.21. The molecule has 0 spiro atoms. The Bertz CT molecular complexity index is 343. The summed E-state index contributed by atoms with van der Waals surface area (Å²) in [6.45, 7) is 7.30. The zero-order valence-corrected chi connectivity index (χ0v) is 11.3. The van der Waals surface area contributed by atoms with Crippen molar-refractivity contribution in [2.75, 3.05) is 13.2 Å². The van der Waals surface area contributed by atoms with Crippen LogP contribution in [-0.4, -0.2) is 25.4 Å². The van der Waals surface area contributed by atoms with Gasteiger partial charge in [0.25, 0.3) is 0 Å². The van der Waals surface area contributed by atoms with Gasteiger partial charge in [-0.3, -0.25) is 0 Å². The highest BCUT2D eigenvalue weighted by Crippen LogP contribution is 2.15. The normalized spacial score (nSPS) is 17.5. The highest BCUT2D eigenvalue weighted by atomic mass is 16.5. The molecule has 1 saturated heterocycles. The molecule has 0 aliphatic carbocycles. The predicted octanol–water partition coefficient (Wildman–Crippen LogP) is 2.47. The van der Waals surface area contributed by atoms with Crippen molar-refractivity contribution in [1.82, 2.24) is 5.32 Å². The number of ether oxygens (including phenoxy) is 2. The first-order valence-electron chi connectivity index (χ1n) is 6.73. The highest BCUT2D eigenvalue weighted by Gasteiger charge is 2.14. The second kappa shape index (κ2) is 6.92. The number of hydrogen-bond donors (Lipinski definition) is 1. The second-order valence-corrected chi connectivity index (χ2v) is 5.08. The molecule has 102 valence electrons. The van der Waals surface area contributed by atoms with Crippen LogP contribution in [0.4, 0.5) is 0 Å². The van der Waals surface area contributed by atoms with E-state index < -0.39 is 0 Å². The van der Waals surface area contributed by atoms with E-state index in [0.717, 1.165) is 38.4 Å². The summed E-state index contributed by atoms with van der Waals surface area (Å²) in [5.41, 5.74) is 1.18. The van der Waals surface area contributed by atoms with Gasteiger partial charge in [-0.1, -0.05) is 13.8 Å². The molecule has 4 heteroatoms. The van der Waals surface area contributed by atoms with Gasteiger partial charge in [-0.15, -0.1) is 0 Å². The van der Waals surface area contributed by atoms with Crippen LogP contribution in [0.25, 0.3) is 0 Å². The Hall–Kier alpha value is -0.840. The molecule has 1 N–H and O–H groups in total. The maximum absolute atomic E-state index is 5.81. The quantitative estimate of drug-likeness (QED) is 0.846. The van der Waals surface area contributed by atoms with Crippen LogP contribution in [0.15, 0.2) is 16.7 Å². The fourth-order valence-electron chi connectivity index (χ4n) is 1.96. The van der Waals surface area contributed by atoms with Crippen LogP contribution in [0.3, 0.4) is 0 Å². The van der Waals surface area contributed by atoms with Gasteiger partial charge < -0.3 is 19.2 Å². The van der Waals surface area contributed by atoms with Gasteiger partial charge in [0.05, 0.1) is 12.4 Å². The van der Waals surface area contributed by atoms with Gasteiger partial charge in [-0.25, -0.2) is 0 Å². The van der Waals surface area contributed by atoms with E-state index in [9.17, 15) is 0 Å². The van der Waals surface area contributed by atoms with Gasteiger partial charge in [0.2, 0.25) is 0 Å². The van der Waals surface area contributed by atoms with E-state index in [0.29, 0.717) is 18.8 Å². The first kappa shape index (κ1) is 13.6. The molecule has 1 aliphatic rings. The summed E-state index contributed by atoms with van der Waals surface area (Å²) in [4.78, 5) is 0. The Balaban J connectivity index is 1.72. The van der Waals surface area contributed by atoms with Crippen molar-refractivity contribution in [3.63, 3.8) is 0 Å². The molecule has 0 unspecified atom stereocenters. The van der Waals surface area contributed by atoms with E-state index in [-0.39, 0.29) is 0 Å². The Morgan fingerprint density at radius 2 is 2.17 bits per heavy atom. The van der Waals surface area contributed by atoms with E-state index in [1.807, 2.05) is 0 Å². The van der Waals surface area contributed by atoms with Gasteiger partial charge in [-0.05, 0) is 18.9 Å². The van der Waals surface area contributed by atoms with Gasteiger partial charge in [-0.2, -0.15) is 0 Å². The molecule has 0 atom stereocenters. The minimum Gasteiger partial charge on any atom is -0.467 e. The lowest BCUT2D eigenvalue weighted by Crippen LogP contribution is -2.23. The van der Waals surface area contributed by atoms with Crippen molar-refractivity contribution in [2.24, 2.45) is 0 Å². The van der Waals surface area contributed by atoms with Crippen molar-refractivity contribution >= 4 is 0 Å². The lowest BCUT2D eigenvalue weighted by molar-refractivity contribution is -0.0433. The third-order valence-electron chi connectivity index (χ3n) is 3.05. The van der Waals surface area contributed by atoms with Crippen molar-refractivity contribution in [3.8, 4) is 0 Å². The average Bonchev–Trinajstić information content (AvgIpc) is 2.83. The Morgan fingerprint density at radius 1 is 1.39 bits per heavy atom. The molecule has 18 heavy (non-hydrogen) atoms. The average molecular weight is 253 g/mol. The zero-order valence-electron chi connectivity index (χ0n) is 11.3. The summed E-state index contributed by atoms with van der Waals surface area (Å²) in [6, 6.07) is 2.55. The molecule has 2 heterocycles. The standard InChI is InChI=1S/C14H23NO3/c1-11(2)15-8-12-7-14(17-9-12)10-18-13-3-5-16-6-4-13/h7,9,11,13,15H,3-6,8,10H2,1-2H3. The highest BCUT2D eigenvalue weighted by molar-refractivity contribution is 5.12. The Labute approximate surface area is 109 Å². The van der Waals surface area contributed by atoms with Gasteiger partial charge in [0.1, 0.15) is 12.4 Å². The lowest BCUT2D eigenvalue weighted by atomic mass is 10.1. The minimum absolute atomic E-state index is 0.320. The first-order chi connectivity index (χ1) is 8.74. The van der Waals surface area contributed by atoms with Gasteiger partial charge in [0, 0.05) is 31.4 Å². The van der Waals surface area contributed by atoms with E-state index in [2.05, 4.69) is 25.2 Å². The molecule has 1 aliphatic heterocycles. The third kappa shape index (κ3) is 4.44. The summed E-state index contributed by atoms with van der Waals surface area (Å²) in [6.07, 6.45) is 4.10. The molecular weight excluding hydrogens is 230 g/mol. The van der Waals surface area contributed by atoms with Crippen LogP contribution in [0.5, 0.6) is 0 Å². The fourth-order valence-corrected chi connectivity index (χ4v) is 1.96. The first-order valence-corrected chi connectivity index (χ1v) is 6.73. The molecule has 1 fully saturated rings. The molecule has 4 nitrogen and oxygen atoms in total. The van der Waals surface area contributed by atoms with Gasteiger partial charge >= 0.3 is 0 Å². The molecule has 0 amide bonds. The largest absolute Gasteiger partial charge is 0.467 e. The van der Waals surface area contributed by atoms with Crippen LogP contribution in [0.2, 0.25) is 0 Å². The zero-order chi connectivity index (χ0) is 12.8. The second-order valence-electron chi connectivity index (χ2n) is 5.08. The van der Waals surface area contributed by atoms with Crippen LogP contribution in [-0.2, 0) is 22.6 Å². The minimum atomic E-state index is 0.320. The predicted molar refractivity (Wildman–Crippen MR) is 69.3 cm³/mol. The molecule has 2 rings (SSSR count). The van der Waals surface area contributed by atoms with Crippen molar-refractivity contribution in [2.45, 2.75) is 52.0 Å². The van der Waals surface area contributed by atoms with Crippen molar-refractivity contribution in [3.05, 3.63) is 23.7 Å². The van der Waals surface area contributed by atoms with E-state index >= 15 is 0 Å². The number of hydrogen-bond acceptors (Lipinski definition) is 4. The number of rotatable bonds is 6. The Morgan fingerprint density at radius 3 is 2.89 bits per heavy atom. The summed E-state index contributed by atoms with van der Waals surface area (Å²) in [5, 5.41) is 3.36. The van der Waals surface area contributed by atoms with E-state index in [4.69, 9.17) is 13.9 Å². The van der Waals surface area contributed by atoms with Crippen molar-refractivity contribution in [1.29, 1.82) is 0 Å². The Kier molecular flexibility index (Phi) is 5.23. The van der Waals surface area contributed by atoms with Crippen LogP contribution >= 0.6 is 0 Å². The topological polar surface area (TPSA) is 43.6 Å². The van der Waals surface area contributed by atoms with Crippen LogP contribution in [0.1, 0.15) is 38.0 Å². The smallest absolute Gasteiger partial charge is 0.129 e. The number of nitrogens with one attached hydrogen (secondary N) is 1. The molecule has 0 radical (unpaired) electrons. The SMILES string of the molecule is CC(C)NCc1coc(COC2CCOCC2)c1. The monoisotopic (exact) mass is 253 g/mol. The summed E-state index contributed by atoms with van der Waals surface area (Å²) in [7, 11) is 0. The fraction of sp³-hybridized carbons (Fsp3) is 0.714. The van der Waals surface area contributed by atoms with Crippen LogP contribution < -0.4 is 5.32 Å². The molecular formula is C14H23NO3. The van der Waals surface area contributed by atoms with E-state index in [1.165, 1.54) is 5.56 Å². The summed E-state index contributed by atoms with van der Waals surface area (Å²) < 4.78 is 16.6. The van der Waals surface area contributed by atoms with E-state index in [1.54, 1.807) is 6.26 Å². The maximum Gasteiger partial charge on any atom is 0.129 e. The third-order valence-corrected chi connectivity index (χ3v) is 3.05. The maximum atomic E-state index is 5.81. The molecule has 0 saturated carbocycles. The van der Waals surface area contributed by atoms with Gasteiger partial charge in [0.15, 0.2) is 0 Å². The molecule has 0 bridgehead atoms. The molecule has 1 aromatic heterocycles. The summed E-state index contributed by atoms with van der Waals surface area (Å²) >= 11 is 0.